The number of carbonyl (C=O) groups excluding carboxylic acids is 1. The molecule has 0 spiro atoms. The van der Waals surface area contributed by atoms with E-state index in [9.17, 15) is 9.18 Å². The van der Waals surface area contributed by atoms with Crippen LogP contribution < -0.4 is 5.73 Å². The molecule has 1 aromatic heterocycles. The molecule has 2 aromatic rings. The number of anilines is 1. The number of nitrogens with zero attached hydrogens (tertiary/aromatic N) is 3. The molecule has 106 valence electrons. The standard InChI is InChI=1S/C12H12ClFN4O2/c1-2-20-12(19)10-11(15)18(17-16-10)6-7-8(13)4-3-5-9(7)14/h3-5H,2,6,15H2,1H3. The second-order valence-electron chi connectivity index (χ2n) is 3.90. The van der Waals surface area contributed by atoms with Gasteiger partial charge in [-0.1, -0.05) is 22.9 Å². The smallest absolute Gasteiger partial charge is 0.362 e. The highest BCUT2D eigenvalue weighted by Gasteiger charge is 2.19. The van der Waals surface area contributed by atoms with E-state index in [1.807, 2.05) is 0 Å². The number of esters is 1. The Hall–Kier alpha value is -2.15. The van der Waals surface area contributed by atoms with Crippen molar-refractivity contribution < 1.29 is 13.9 Å². The van der Waals surface area contributed by atoms with Gasteiger partial charge in [0.25, 0.3) is 0 Å². The number of hydrogen-bond donors (Lipinski definition) is 1. The van der Waals surface area contributed by atoms with Crippen LogP contribution in [0.15, 0.2) is 18.2 Å². The lowest BCUT2D eigenvalue weighted by Crippen LogP contribution is -2.11. The number of halogens is 2. The van der Waals surface area contributed by atoms with Crippen LogP contribution in [0, 0.1) is 5.82 Å². The zero-order valence-corrected chi connectivity index (χ0v) is 11.4. The van der Waals surface area contributed by atoms with Crippen molar-refractivity contribution in [2.24, 2.45) is 0 Å². The number of benzene rings is 1. The second-order valence-corrected chi connectivity index (χ2v) is 4.31. The minimum atomic E-state index is -0.670. The molecule has 20 heavy (non-hydrogen) atoms. The maximum atomic E-state index is 13.7. The lowest BCUT2D eigenvalue weighted by molar-refractivity contribution is 0.0520. The molecular weight excluding hydrogens is 287 g/mol. The lowest BCUT2D eigenvalue weighted by Gasteiger charge is -2.07. The average molecular weight is 299 g/mol. The van der Waals surface area contributed by atoms with Crippen molar-refractivity contribution in [3.63, 3.8) is 0 Å². The first-order chi connectivity index (χ1) is 9.54. The first-order valence-corrected chi connectivity index (χ1v) is 6.21. The van der Waals surface area contributed by atoms with E-state index < -0.39 is 11.8 Å². The van der Waals surface area contributed by atoms with Crippen LogP contribution in [0.5, 0.6) is 0 Å². The first-order valence-electron chi connectivity index (χ1n) is 5.83. The van der Waals surface area contributed by atoms with Crippen LogP contribution in [-0.2, 0) is 11.3 Å². The summed E-state index contributed by atoms with van der Waals surface area (Å²) in [6.07, 6.45) is 0. The van der Waals surface area contributed by atoms with Crippen molar-refractivity contribution in [1.82, 2.24) is 15.0 Å². The van der Waals surface area contributed by atoms with Crippen LogP contribution in [0.4, 0.5) is 10.2 Å². The Bertz CT molecular complexity index is 624. The van der Waals surface area contributed by atoms with Gasteiger partial charge in [0.1, 0.15) is 5.82 Å². The van der Waals surface area contributed by atoms with E-state index in [0.717, 1.165) is 0 Å². The minimum Gasteiger partial charge on any atom is -0.461 e. The molecule has 0 amide bonds. The van der Waals surface area contributed by atoms with Gasteiger partial charge in [0, 0.05) is 10.6 Å². The monoisotopic (exact) mass is 298 g/mol. The van der Waals surface area contributed by atoms with E-state index in [0.29, 0.717) is 0 Å². The van der Waals surface area contributed by atoms with Gasteiger partial charge in [-0.05, 0) is 19.1 Å². The Kier molecular flexibility index (Phi) is 4.19. The zero-order chi connectivity index (χ0) is 14.7. The van der Waals surface area contributed by atoms with Gasteiger partial charge in [0.05, 0.1) is 13.2 Å². The molecule has 8 heteroatoms. The summed E-state index contributed by atoms with van der Waals surface area (Å²) in [5, 5.41) is 7.60. The molecule has 1 heterocycles. The SMILES string of the molecule is CCOC(=O)c1nnn(Cc2c(F)cccc2Cl)c1N. The van der Waals surface area contributed by atoms with Crippen LogP contribution in [0.25, 0.3) is 0 Å². The van der Waals surface area contributed by atoms with Gasteiger partial charge >= 0.3 is 5.97 Å². The van der Waals surface area contributed by atoms with E-state index in [4.69, 9.17) is 22.1 Å². The molecule has 0 radical (unpaired) electrons. The highest BCUT2D eigenvalue weighted by molar-refractivity contribution is 6.31. The summed E-state index contributed by atoms with van der Waals surface area (Å²) in [5.74, 6) is -1.15. The molecule has 0 aliphatic heterocycles. The molecule has 0 fully saturated rings. The van der Waals surface area contributed by atoms with Gasteiger partial charge in [-0.15, -0.1) is 5.10 Å². The molecule has 0 aliphatic rings. The summed E-state index contributed by atoms with van der Waals surface area (Å²) >= 11 is 5.92. The van der Waals surface area contributed by atoms with Crippen molar-refractivity contribution in [3.05, 3.63) is 40.3 Å². The average Bonchev–Trinajstić information content (AvgIpc) is 2.76. The third-order valence-electron chi connectivity index (χ3n) is 2.61. The molecule has 0 saturated heterocycles. The molecule has 1 aromatic carbocycles. The lowest BCUT2D eigenvalue weighted by atomic mass is 10.2. The van der Waals surface area contributed by atoms with E-state index in [1.165, 1.54) is 16.8 Å². The minimum absolute atomic E-state index is 0.00256. The summed E-state index contributed by atoms with van der Waals surface area (Å²) in [4.78, 5) is 11.5. The molecule has 2 rings (SSSR count). The highest BCUT2D eigenvalue weighted by atomic mass is 35.5. The fraction of sp³-hybridized carbons (Fsp3) is 0.250. The van der Waals surface area contributed by atoms with E-state index in [1.54, 1.807) is 13.0 Å². The molecule has 0 atom stereocenters. The normalized spacial score (nSPS) is 10.6. The summed E-state index contributed by atoms with van der Waals surface area (Å²) in [5.41, 5.74) is 5.88. The Balaban J connectivity index is 2.29. The molecule has 0 bridgehead atoms. The molecule has 6 nitrogen and oxygen atoms in total. The maximum absolute atomic E-state index is 13.7. The maximum Gasteiger partial charge on any atom is 0.362 e. The summed E-state index contributed by atoms with van der Waals surface area (Å²) in [6, 6.07) is 4.33. The highest BCUT2D eigenvalue weighted by Crippen LogP contribution is 2.21. The summed E-state index contributed by atoms with van der Waals surface area (Å²) < 4.78 is 19.7. The zero-order valence-electron chi connectivity index (χ0n) is 10.6. The first kappa shape index (κ1) is 14.3. The van der Waals surface area contributed by atoms with Gasteiger partial charge < -0.3 is 10.5 Å². The third-order valence-corrected chi connectivity index (χ3v) is 2.97. The molecular formula is C12H12ClFN4O2. The number of nitrogen functional groups attached to an aromatic ring is 1. The van der Waals surface area contributed by atoms with Gasteiger partial charge in [0.15, 0.2) is 5.82 Å². The van der Waals surface area contributed by atoms with Crippen molar-refractivity contribution in [1.29, 1.82) is 0 Å². The van der Waals surface area contributed by atoms with Crippen LogP contribution in [0.3, 0.4) is 0 Å². The van der Waals surface area contributed by atoms with E-state index in [2.05, 4.69) is 10.3 Å². The largest absolute Gasteiger partial charge is 0.461 e. The van der Waals surface area contributed by atoms with Crippen molar-refractivity contribution in [2.45, 2.75) is 13.5 Å². The Morgan fingerprint density at radius 2 is 2.30 bits per heavy atom. The van der Waals surface area contributed by atoms with E-state index in [-0.39, 0.29) is 35.2 Å². The third kappa shape index (κ3) is 2.72. The van der Waals surface area contributed by atoms with Gasteiger partial charge in [0.2, 0.25) is 5.69 Å². The topological polar surface area (TPSA) is 83.0 Å². The predicted octanol–water partition coefficient (Wildman–Crippen LogP) is 1.88. The number of aromatic nitrogens is 3. The van der Waals surface area contributed by atoms with Crippen molar-refractivity contribution >= 4 is 23.4 Å². The summed E-state index contributed by atoms with van der Waals surface area (Å²) in [7, 11) is 0. The Labute approximate surface area is 119 Å². The molecule has 0 unspecified atom stereocenters. The number of carbonyl (C=O) groups is 1. The van der Waals surface area contributed by atoms with Crippen LogP contribution in [-0.4, -0.2) is 27.6 Å². The van der Waals surface area contributed by atoms with Crippen LogP contribution >= 0.6 is 11.6 Å². The molecule has 0 aliphatic carbocycles. The van der Waals surface area contributed by atoms with Crippen molar-refractivity contribution in [2.75, 3.05) is 12.3 Å². The fourth-order valence-electron chi connectivity index (χ4n) is 1.62. The number of ether oxygens (including phenoxy) is 1. The number of nitrogens with two attached hydrogens (primary N) is 1. The number of rotatable bonds is 4. The Morgan fingerprint density at radius 1 is 1.55 bits per heavy atom. The van der Waals surface area contributed by atoms with Crippen LogP contribution in [0.2, 0.25) is 5.02 Å². The fourth-order valence-corrected chi connectivity index (χ4v) is 1.84. The van der Waals surface area contributed by atoms with Gasteiger partial charge in [-0.3, -0.25) is 0 Å². The Morgan fingerprint density at radius 3 is 2.95 bits per heavy atom. The van der Waals surface area contributed by atoms with Crippen LogP contribution in [0.1, 0.15) is 23.0 Å². The number of hydrogen-bond acceptors (Lipinski definition) is 5. The molecule has 0 saturated carbocycles. The quantitative estimate of drug-likeness (QED) is 0.871. The van der Waals surface area contributed by atoms with E-state index >= 15 is 0 Å². The van der Waals surface area contributed by atoms with Crippen molar-refractivity contribution in [3.8, 4) is 0 Å². The van der Waals surface area contributed by atoms with Gasteiger partial charge in [-0.2, -0.15) is 0 Å². The van der Waals surface area contributed by atoms with Gasteiger partial charge in [-0.25, -0.2) is 13.9 Å². The summed E-state index contributed by atoms with van der Waals surface area (Å²) in [6.45, 7) is 1.84. The molecule has 2 N–H and O–H groups in total. The predicted molar refractivity (Wildman–Crippen MR) is 70.9 cm³/mol. The second kappa shape index (κ2) is 5.87.